The van der Waals surface area contributed by atoms with Gasteiger partial charge in [-0.3, -0.25) is 4.79 Å². The van der Waals surface area contributed by atoms with Gasteiger partial charge in [0.15, 0.2) is 0 Å². The van der Waals surface area contributed by atoms with Crippen molar-refractivity contribution in [2.75, 3.05) is 0 Å². The first-order valence-electron chi connectivity index (χ1n) is 7.66. The van der Waals surface area contributed by atoms with E-state index in [9.17, 15) is 18.0 Å². The molecule has 0 unspecified atom stereocenters. The summed E-state index contributed by atoms with van der Waals surface area (Å²) < 4.78 is 42.6. The van der Waals surface area contributed by atoms with Gasteiger partial charge < -0.3 is 14.4 Å². The number of fused-ring (bicyclic) bond motifs is 1. The largest absolute Gasteiger partial charge is 0.573 e. The summed E-state index contributed by atoms with van der Waals surface area (Å²) in [7, 11) is 0. The van der Waals surface area contributed by atoms with Crippen molar-refractivity contribution < 1.29 is 27.8 Å². The number of ether oxygens (including phenoxy) is 1. The normalized spacial score (nSPS) is 11.7. The van der Waals surface area contributed by atoms with Crippen LogP contribution in [0.5, 0.6) is 5.75 Å². The summed E-state index contributed by atoms with van der Waals surface area (Å²) in [5, 5.41) is 10.4. The lowest BCUT2D eigenvalue weighted by Crippen LogP contribution is -2.17. The molecule has 1 aromatic heterocycles. The van der Waals surface area contributed by atoms with E-state index in [1.807, 2.05) is 0 Å². The number of halogens is 5. The molecule has 1 N–H and O–H groups in total. The van der Waals surface area contributed by atoms with Gasteiger partial charge in [-0.25, -0.2) is 0 Å². The Balaban J connectivity index is 2.04. The average Bonchev–Trinajstić information content (AvgIpc) is 2.78. The van der Waals surface area contributed by atoms with Gasteiger partial charge in [-0.1, -0.05) is 35.3 Å². The fourth-order valence-electron chi connectivity index (χ4n) is 2.88. The summed E-state index contributed by atoms with van der Waals surface area (Å²) >= 11 is 12.4. The molecule has 9 heteroatoms. The molecule has 2 aromatic carbocycles. The zero-order valence-electron chi connectivity index (χ0n) is 13.6. The van der Waals surface area contributed by atoms with Crippen molar-refractivity contribution in [1.82, 2.24) is 4.57 Å². The van der Waals surface area contributed by atoms with E-state index in [1.54, 1.807) is 24.3 Å². The summed E-state index contributed by atoms with van der Waals surface area (Å²) in [4.78, 5) is 11.1. The summed E-state index contributed by atoms with van der Waals surface area (Å²) in [5.74, 6) is -1.42. The molecule has 0 amide bonds. The maximum Gasteiger partial charge on any atom is 0.573 e. The van der Waals surface area contributed by atoms with Crippen molar-refractivity contribution in [1.29, 1.82) is 0 Å². The molecule has 142 valence electrons. The van der Waals surface area contributed by atoms with E-state index < -0.39 is 12.3 Å². The highest BCUT2D eigenvalue weighted by Crippen LogP contribution is 2.34. The number of carboxylic acid groups (broad SMARTS) is 1. The number of alkyl halides is 3. The molecule has 0 aliphatic heterocycles. The molecule has 0 fully saturated rings. The Kier molecular flexibility index (Phi) is 5.26. The second-order valence-corrected chi connectivity index (χ2v) is 6.58. The summed E-state index contributed by atoms with van der Waals surface area (Å²) in [6, 6.07) is 10.4. The lowest BCUT2D eigenvalue weighted by molar-refractivity contribution is -0.274. The SMILES string of the molecule is O=C(O)Cn1c(Cl)c(Cc2cccc(OC(F)(F)F)c2)c2cc(Cl)ccc21. The van der Waals surface area contributed by atoms with E-state index in [2.05, 4.69) is 4.74 Å². The monoisotopic (exact) mass is 417 g/mol. The number of rotatable bonds is 5. The van der Waals surface area contributed by atoms with Crippen LogP contribution >= 0.6 is 23.2 Å². The van der Waals surface area contributed by atoms with Crippen LogP contribution in [0, 0.1) is 0 Å². The molecule has 0 aliphatic carbocycles. The van der Waals surface area contributed by atoms with Crippen LogP contribution in [0.15, 0.2) is 42.5 Å². The number of nitrogens with zero attached hydrogens (tertiary/aromatic N) is 1. The zero-order valence-corrected chi connectivity index (χ0v) is 15.1. The number of carbonyl (C=O) groups is 1. The molecule has 0 saturated heterocycles. The molecule has 0 spiro atoms. The first kappa shape index (κ1) is 19.4. The van der Waals surface area contributed by atoms with E-state index in [1.165, 1.54) is 22.8 Å². The molecule has 0 saturated carbocycles. The second kappa shape index (κ2) is 7.32. The second-order valence-electron chi connectivity index (χ2n) is 5.78. The number of hydrogen-bond donors (Lipinski definition) is 1. The van der Waals surface area contributed by atoms with E-state index in [0.717, 1.165) is 0 Å². The molecule has 0 radical (unpaired) electrons. The van der Waals surface area contributed by atoms with Crippen LogP contribution in [-0.4, -0.2) is 22.0 Å². The first-order chi connectivity index (χ1) is 12.6. The molecule has 27 heavy (non-hydrogen) atoms. The van der Waals surface area contributed by atoms with Gasteiger partial charge in [0.05, 0.1) is 5.52 Å². The van der Waals surface area contributed by atoms with Crippen molar-refractivity contribution in [2.45, 2.75) is 19.3 Å². The van der Waals surface area contributed by atoms with Crippen molar-refractivity contribution in [3.63, 3.8) is 0 Å². The minimum atomic E-state index is -4.79. The molecular weight excluding hydrogens is 406 g/mol. The average molecular weight is 418 g/mol. The number of aromatic nitrogens is 1. The maximum atomic E-state index is 12.4. The van der Waals surface area contributed by atoms with E-state index >= 15 is 0 Å². The van der Waals surface area contributed by atoms with Crippen molar-refractivity contribution in [2.24, 2.45) is 0 Å². The molecule has 0 atom stereocenters. The Morgan fingerprint density at radius 1 is 1.15 bits per heavy atom. The third-order valence-corrected chi connectivity index (χ3v) is 4.53. The van der Waals surface area contributed by atoms with Crippen LogP contribution in [0.3, 0.4) is 0 Å². The highest BCUT2D eigenvalue weighted by Gasteiger charge is 2.31. The highest BCUT2D eigenvalue weighted by molar-refractivity contribution is 6.33. The first-order valence-corrected chi connectivity index (χ1v) is 8.42. The molecule has 0 aliphatic rings. The lowest BCUT2D eigenvalue weighted by Gasteiger charge is -2.10. The van der Waals surface area contributed by atoms with Gasteiger partial charge >= 0.3 is 12.3 Å². The van der Waals surface area contributed by atoms with Crippen molar-refractivity contribution in [3.05, 3.63) is 63.8 Å². The molecule has 3 rings (SSSR count). The molecular formula is C18H12Cl2F3NO3. The molecule has 1 heterocycles. The van der Waals surface area contributed by atoms with Crippen LogP contribution in [0.1, 0.15) is 11.1 Å². The quantitative estimate of drug-likeness (QED) is 0.594. The van der Waals surface area contributed by atoms with Crippen LogP contribution in [0.25, 0.3) is 10.9 Å². The predicted octanol–water partition coefficient (Wildman–Crippen LogP) is 5.52. The number of hydrogen-bond acceptors (Lipinski definition) is 2. The molecule has 4 nitrogen and oxygen atoms in total. The highest BCUT2D eigenvalue weighted by atomic mass is 35.5. The van der Waals surface area contributed by atoms with Gasteiger partial charge in [0.2, 0.25) is 0 Å². The Labute approximate surface area is 161 Å². The van der Waals surface area contributed by atoms with Gasteiger partial charge in [0.25, 0.3) is 0 Å². The Morgan fingerprint density at radius 2 is 1.89 bits per heavy atom. The van der Waals surface area contributed by atoms with Crippen molar-refractivity contribution >= 4 is 40.1 Å². The summed E-state index contributed by atoms with van der Waals surface area (Å²) in [6.45, 7) is -0.353. The molecule has 0 bridgehead atoms. The van der Waals surface area contributed by atoms with Gasteiger partial charge in [-0.2, -0.15) is 0 Å². The number of aliphatic carboxylic acids is 1. The zero-order chi connectivity index (χ0) is 19.8. The maximum absolute atomic E-state index is 12.4. The lowest BCUT2D eigenvalue weighted by atomic mass is 10.0. The fraction of sp³-hybridized carbons (Fsp3) is 0.167. The smallest absolute Gasteiger partial charge is 0.480 e. The van der Waals surface area contributed by atoms with Crippen LogP contribution in [-0.2, 0) is 17.8 Å². The fourth-order valence-corrected chi connectivity index (χ4v) is 3.37. The summed E-state index contributed by atoms with van der Waals surface area (Å²) in [6.07, 6.45) is -4.61. The van der Waals surface area contributed by atoms with E-state index in [-0.39, 0.29) is 23.9 Å². The van der Waals surface area contributed by atoms with Crippen LogP contribution in [0.4, 0.5) is 13.2 Å². The number of carboxylic acids is 1. The minimum Gasteiger partial charge on any atom is -0.480 e. The van der Waals surface area contributed by atoms with Gasteiger partial charge in [0.1, 0.15) is 17.4 Å². The van der Waals surface area contributed by atoms with Crippen LogP contribution in [0.2, 0.25) is 10.2 Å². The topological polar surface area (TPSA) is 51.5 Å². The Morgan fingerprint density at radius 3 is 2.56 bits per heavy atom. The standard InChI is InChI=1S/C18H12Cl2F3NO3/c19-11-4-5-15-13(8-11)14(17(20)24(15)9-16(25)26)7-10-2-1-3-12(6-10)27-18(21,22)23/h1-6,8H,7,9H2,(H,25,26). The van der Waals surface area contributed by atoms with Crippen LogP contribution < -0.4 is 4.74 Å². The summed E-state index contributed by atoms with van der Waals surface area (Å²) in [5.41, 5.74) is 1.66. The third kappa shape index (κ3) is 4.48. The Hall–Kier alpha value is -2.38. The number of benzene rings is 2. The van der Waals surface area contributed by atoms with E-state index in [0.29, 0.717) is 27.1 Å². The van der Waals surface area contributed by atoms with Gasteiger partial charge in [-0.15, -0.1) is 13.2 Å². The van der Waals surface area contributed by atoms with Gasteiger partial charge in [-0.05, 0) is 35.9 Å². The third-order valence-electron chi connectivity index (χ3n) is 3.87. The van der Waals surface area contributed by atoms with Crippen molar-refractivity contribution in [3.8, 4) is 5.75 Å². The molecule has 3 aromatic rings. The Bertz CT molecular complexity index is 1010. The van der Waals surface area contributed by atoms with Gasteiger partial charge in [0, 0.05) is 22.4 Å². The van der Waals surface area contributed by atoms with E-state index in [4.69, 9.17) is 28.3 Å². The minimum absolute atomic E-state index is 0.178. The predicted molar refractivity (Wildman–Crippen MR) is 95.5 cm³/mol.